The van der Waals surface area contributed by atoms with Crippen molar-refractivity contribution in [2.75, 3.05) is 32.8 Å². The molecule has 0 aromatic carbocycles. The van der Waals surface area contributed by atoms with Crippen molar-refractivity contribution in [2.24, 2.45) is 13.0 Å². The molecule has 2 aliphatic heterocycles. The van der Waals surface area contributed by atoms with Crippen LogP contribution in [0, 0.1) is 5.92 Å². The quantitative estimate of drug-likeness (QED) is 0.330. The molecule has 1 fully saturated rings. The normalized spacial score (nSPS) is 22.2. The van der Waals surface area contributed by atoms with E-state index in [9.17, 15) is 9.18 Å². The van der Waals surface area contributed by atoms with Crippen molar-refractivity contribution in [3.63, 3.8) is 0 Å². The fraction of sp³-hybridized carbons (Fsp3) is 0.565. The number of rotatable bonds is 8. The second-order valence-corrected chi connectivity index (χ2v) is 14.4. The second-order valence-electron chi connectivity index (χ2n) is 8.93. The minimum atomic E-state index is -1.31. The van der Waals surface area contributed by atoms with Crippen LogP contribution in [0.3, 0.4) is 0 Å². The molecule has 0 saturated carbocycles. The zero-order valence-electron chi connectivity index (χ0n) is 19.3. The Balaban J connectivity index is 1.59. The minimum absolute atomic E-state index is 0.0577. The molecule has 170 valence electrons. The van der Waals surface area contributed by atoms with Crippen LogP contribution in [0.1, 0.15) is 50.7 Å². The van der Waals surface area contributed by atoms with E-state index in [4.69, 9.17) is 9.84 Å². The number of allylic oxidation sites excluding steroid dienone is 2. The fourth-order valence-corrected chi connectivity index (χ4v) is 8.73. The van der Waals surface area contributed by atoms with Crippen molar-refractivity contribution in [3.8, 4) is 0 Å². The topological polar surface area (TPSA) is 64.7 Å². The van der Waals surface area contributed by atoms with Crippen molar-refractivity contribution in [1.82, 2.24) is 24.1 Å². The fourth-order valence-electron chi connectivity index (χ4n) is 4.63. The van der Waals surface area contributed by atoms with Gasteiger partial charge in [0.05, 0.1) is 0 Å². The van der Waals surface area contributed by atoms with Crippen molar-refractivity contribution >= 4 is 32.3 Å². The molecular formula is C23H31FN5O2Tl. The van der Waals surface area contributed by atoms with E-state index in [0.717, 1.165) is 37.7 Å². The molecular weight excluding hydrogens is 602 g/mol. The van der Waals surface area contributed by atoms with Gasteiger partial charge < -0.3 is 4.74 Å². The summed E-state index contributed by atoms with van der Waals surface area (Å²) in [4.78, 5) is 20.1. The molecule has 2 aliphatic rings. The van der Waals surface area contributed by atoms with Gasteiger partial charge in [0.2, 0.25) is 0 Å². The molecule has 4 heterocycles. The van der Waals surface area contributed by atoms with E-state index in [-0.39, 0.29) is 23.2 Å². The Labute approximate surface area is 199 Å². The number of fused-ring (bicyclic) bond motifs is 1. The molecule has 9 heteroatoms. The summed E-state index contributed by atoms with van der Waals surface area (Å²) in [7, 11) is 1.81. The van der Waals surface area contributed by atoms with Crippen LogP contribution in [-0.2, 0) is 11.8 Å². The summed E-state index contributed by atoms with van der Waals surface area (Å²) >= 11 is -1.31. The number of hydrogen-bond acceptors (Lipinski definition) is 5. The van der Waals surface area contributed by atoms with Crippen molar-refractivity contribution < 1.29 is 9.13 Å². The number of imidazole rings is 1. The summed E-state index contributed by atoms with van der Waals surface area (Å²) in [5.74, 6) is 2.24. The number of hydrogen-bond donors (Lipinski definition) is 0. The van der Waals surface area contributed by atoms with Crippen LogP contribution in [0.5, 0.6) is 0 Å². The number of likely N-dealkylation sites (tertiary alicyclic amines) is 1. The molecule has 1 saturated heterocycles. The Morgan fingerprint density at radius 2 is 2.16 bits per heavy atom. The molecule has 0 aliphatic carbocycles. The van der Waals surface area contributed by atoms with Gasteiger partial charge in [-0.2, -0.15) is 0 Å². The first-order chi connectivity index (χ1) is 15.4. The van der Waals surface area contributed by atoms with Gasteiger partial charge in [-0.25, -0.2) is 0 Å². The van der Waals surface area contributed by atoms with Crippen molar-refractivity contribution in [1.29, 1.82) is 0 Å². The average molecular weight is 633 g/mol. The molecule has 32 heavy (non-hydrogen) atoms. The average Bonchev–Trinajstić information content (AvgIpc) is 3.36. The van der Waals surface area contributed by atoms with Gasteiger partial charge in [-0.1, -0.05) is 0 Å². The Hall–Kier alpha value is -1.53. The van der Waals surface area contributed by atoms with E-state index in [0.29, 0.717) is 24.6 Å². The maximum atomic E-state index is 13.3. The van der Waals surface area contributed by atoms with E-state index in [2.05, 4.69) is 23.7 Å². The monoisotopic (exact) mass is 633 g/mol. The summed E-state index contributed by atoms with van der Waals surface area (Å²) in [6, 6.07) is 0. The van der Waals surface area contributed by atoms with Crippen LogP contribution >= 0.6 is 0 Å². The summed E-state index contributed by atoms with van der Waals surface area (Å²) < 4.78 is 25.5. The van der Waals surface area contributed by atoms with E-state index in [1.165, 1.54) is 3.06 Å². The van der Waals surface area contributed by atoms with Crippen LogP contribution < -0.4 is 5.56 Å². The summed E-state index contributed by atoms with van der Waals surface area (Å²) in [5, 5.41) is 4.95. The molecule has 2 aromatic heterocycles. The van der Waals surface area contributed by atoms with Gasteiger partial charge in [0.25, 0.3) is 0 Å². The SMILES string of the molecule is CCOCCC(C)c1ncc2c(=O)n(C)c([C@@H]3CN(C[C]4=[Tl][CH]=C(F)C=C4)C[C@H]3C)nn12. The van der Waals surface area contributed by atoms with Crippen molar-refractivity contribution in [3.05, 3.63) is 49.8 Å². The molecule has 0 spiro atoms. The third kappa shape index (κ3) is 4.86. The zero-order chi connectivity index (χ0) is 22.8. The number of halogens is 1. The molecule has 0 bridgehead atoms. The summed E-state index contributed by atoms with van der Waals surface area (Å²) in [5.41, 5.74) is 0.459. The third-order valence-electron chi connectivity index (χ3n) is 6.51. The van der Waals surface area contributed by atoms with Gasteiger partial charge in [0.15, 0.2) is 0 Å². The van der Waals surface area contributed by atoms with E-state index in [1.54, 1.807) is 21.4 Å². The molecule has 0 N–H and O–H groups in total. The predicted octanol–water partition coefficient (Wildman–Crippen LogP) is 2.25. The maximum absolute atomic E-state index is 13.3. The zero-order valence-corrected chi connectivity index (χ0v) is 23.8. The molecule has 4 rings (SSSR count). The number of aromatic nitrogens is 4. The Morgan fingerprint density at radius 3 is 2.88 bits per heavy atom. The van der Waals surface area contributed by atoms with Crippen LogP contribution in [-0.4, -0.2) is 83.7 Å². The Kier molecular flexibility index (Phi) is 7.51. The van der Waals surface area contributed by atoms with Gasteiger partial charge >= 0.3 is 182 Å². The first-order valence-corrected chi connectivity index (χ1v) is 16.2. The standard InChI is InChI=1S/C23H31FN5O2.Tl/c1-6-31-12-10-16(2)21-25-13-20-23(30)27(5)22(26-29(20)21)19-15-28(14-17(19)3)11-8-7-9-18(4)24;/h4,7,9,13,16-17,19H,6,10-12,14-15H2,1-3,5H3;/t16?,17-,19-;/m1./s1. The number of nitrogens with zero attached hydrogens (tertiary/aromatic N) is 5. The number of ether oxygens (including phenoxy) is 1. The third-order valence-corrected chi connectivity index (χ3v) is 11.5. The summed E-state index contributed by atoms with van der Waals surface area (Å²) in [6.07, 6.45) is 6.03. The second kappa shape index (κ2) is 10.2. The van der Waals surface area contributed by atoms with Gasteiger partial charge in [-0.3, -0.25) is 0 Å². The molecule has 2 aromatic rings. The van der Waals surface area contributed by atoms with Gasteiger partial charge in [-0.15, -0.1) is 0 Å². The Morgan fingerprint density at radius 1 is 1.34 bits per heavy atom. The van der Waals surface area contributed by atoms with Crippen LogP contribution in [0.15, 0.2) is 32.6 Å². The molecule has 1 unspecified atom stereocenters. The Bertz CT molecular complexity index is 1140. The van der Waals surface area contributed by atoms with E-state index in [1.807, 2.05) is 23.7 Å². The van der Waals surface area contributed by atoms with Crippen molar-refractivity contribution in [2.45, 2.75) is 39.0 Å². The molecule has 3 atom stereocenters. The van der Waals surface area contributed by atoms with Crippen LogP contribution in [0.25, 0.3) is 5.52 Å². The van der Waals surface area contributed by atoms with Gasteiger partial charge in [-0.05, 0) is 6.92 Å². The first kappa shape index (κ1) is 23.6. The molecule has 0 amide bonds. The molecule has 0 radical (unpaired) electrons. The predicted molar refractivity (Wildman–Crippen MR) is 125 cm³/mol. The van der Waals surface area contributed by atoms with E-state index < -0.39 is 23.7 Å². The first-order valence-electron chi connectivity index (χ1n) is 11.4. The van der Waals surface area contributed by atoms with Gasteiger partial charge in [0.1, 0.15) is 0 Å². The molecule has 7 nitrogen and oxygen atoms in total. The van der Waals surface area contributed by atoms with Crippen LogP contribution in [0.2, 0.25) is 0 Å². The van der Waals surface area contributed by atoms with E-state index >= 15 is 0 Å². The van der Waals surface area contributed by atoms with Gasteiger partial charge in [0, 0.05) is 6.61 Å². The summed E-state index contributed by atoms with van der Waals surface area (Å²) in [6.45, 7) is 10.4. The van der Waals surface area contributed by atoms with Crippen LogP contribution in [0.4, 0.5) is 4.39 Å².